The van der Waals surface area contributed by atoms with Gasteiger partial charge in [0.15, 0.2) is 0 Å². The molecule has 1 aromatic heterocycles. The lowest BCUT2D eigenvalue weighted by atomic mass is 10.1. The van der Waals surface area contributed by atoms with Crippen LogP contribution >= 0.6 is 23.2 Å². The number of aromatic nitrogens is 1. The van der Waals surface area contributed by atoms with Gasteiger partial charge in [-0.1, -0.05) is 41.4 Å². The van der Waals surface area contributed by atoms with Crippen molar-refractivity contribution in [1.82, 2.24) is 4.98 Å². The number of hydrogen-bond acceptors (Lipinski definition) is 2. The molecular formula is C14H12Cl2N2O. The molecule has 1 heterocycles. The number of hydrogen-bond donors (Lipinski definition) is 1. The van der Waals surface area contributed by atoms with Crippen molar-refractivity contribution in [2.24, 2.45) is 0 Å². The van der Waals surface area contributed by atoms with Crippen molar-refractivity contribution in [3.8, 4) is 0 Å². The van der Waals surface area contributed by atoms with Crippen LogP contribution in [0.3, 0.4) is 0 Å². The summed E-state index contributed by atoms with van der Waals surface area (Å²) in [5.41, 5.74) is 1.60. The van der Waals surface area contributed by atoms with Crippen LogP contribution in [0, 0.1) is 0 Å². The normalized spacial score (nSPS) is 10.2. The maximum Gasteiger partial charge on any atom is 0.224 e. The van der Waals surface area contributed by atoms with E-state index in [0.717, 1.165) is 5.56 Å². The predicted molar refractivity (Wildman–Crippen MR) is 77.6 cm³/mol. The predicted octanol–water partition coefficient (Wildman–Crippen LogP) is 3.96. The first-order valence-corrected chi connectivity index (χ1v) is 6.55. The molecule has 0 spiro atoms. The van der Waals surface area contributed by atoms with Crippen LogP contribution in [-0.4, -0.2) is 10.9 Å². The van der Waals surface area contributed by atoms with E-state index in [4.69, 9.17) is 23.2 Å². The standard InChI is InChI=1S/C14H12Cl2N2O/c15-12-4-2-1-3-10(12)5-8-14(19)18-11-6-7-13(16)17-9-11/h1-4,6-7,9H,5,8H2,(H,18,19). The minimum absolute atomic E-state index is 0.0796. The van der Waals surface area contributed by atoms with Crippen LogP contribution in [0.5, 0.6) is 0 Å². The molecule has 0 unspecified atom stereocenters. The number of anilines is 1. The van der Waals surface area contributed by atoms with Crippen molar-refractivity contribution in [3.05, 3.63) is 58.3 Å². The molecule has 0 fully saturated rings. The van der Waals surface area contributed by atoms with Crippen LogP contribution in [0.1, 0.15) is 12.0 Å². The molecule has 2 aromatic rings. The Morgan fingerprint density at radius 3 is 2.63 bits per heavy atom. The Morgan fingerprint density at radius 2 is 1.95 bits per heavy atom. The molecule has 0 aliphatic carbocycles. The number of nitrogens with zero attached hydrogens (tertiary/aromatic N) is 1. The van der Waals surface area contributed by atoms with Gasteiger partial charge in [-0.25, -0.2) is 4.98 Å². The van der Waals surface area contributed by atoms with E-state index >= 15 is 0 Å². The minimum Gasteiger partial charge on any atom is -0.325 e. The second-order valence-corrected chi connectivity index (χ2v) is 4.80. The van der Waals surface area contributed by atoms with Gasteiger partial charge in [-0.15, -0.1) is 0 Å². The highest BCUT2D eigenvalue weighted by Gasteiger charge is 2.05. The molecule has 1 aromatic carbocycles. The maximum absolute atomic E-state index is 11.8. The van der Waals surface area contributed by atoms with Gasteiger partial charge in [0.25, 0.3) is 0 Å². The summed E-state index contributed by atoms with van der Waals surface area (Å²) < 4.78 is 0. The maximum atomic E-state index is 11.8. The number of aryl methyl sites for hydroxylation is 1. The molecule has 0 aliphatic heterocycles. The summed E-state index contributed by atoms with van der Waals surface area (Å²) in [6.45, 7) is 0. The van der Waals surface area contributed by atoms with Crippen molar-refractivity contribution in [2.45, 2.75) is 12.8 Å². The zero-order valence-corrected chi connectivity index (χ0v) is 11.6. The van der Waals surface area contributed by atoms with Gasteiger partial charge in [0.2, 0.25) is 5.91 Å². The summed E-state index contributed by atoms with van der Waals surface area (Å²) in [6, 6.07) is 10.8. The van der Waals surface area contributed by atoms with E-state index in [-0.39, 0.29) is 5.91 Å². The van der Waals surface area contributed by atoms with Crippen LogP contribution in [-0.2, 0) is 11.2 Å². The molecule has 0 bridgehead atoms. The van der Waals surface area contributed by atoms with E-state index in [2.05, 4.69) is 10.3 Å². The van der Waals surface area contributed by atoms with Gasteiger partial charge < -0.3 is 5.32 Å². The van der Waals surface area contributed by atoms with E-state index in [1.807, 2.05) is 24.3 Å². The molecular weight excluding hydrogens is 283 g/mol. The number of rotatable bonds is 4. The highest BCUT2D eigenvalue weighted by molar-refractivity contribution is 6.31. The summed E-state index contributed by atoms with van der Waals surface area (Å²) in [4.78, 5) is 15.7. The third-order valence-corrected chi connectivity index (χ3v) is 3.18. The van der Waals surface area contributed by atoms with Crippen LogP contribution in [0.15, 0.2) is 42.6 Å². The quantitative estimate of drug-likeness (QED) is 0.867. The lowest BCUT2D eigenvalue weighted by Gasteiger charge is -2.06. The van der Waals surface area contributed by atoms with Gasteiger partial charge in [-0.05, 0) is 30.2 Å². The smallest absolute Gasteiger partial charge is 0.224 e. The lowest BCUT2D eigenvalue weighted by molar-refractivity contribution is -0.116. The fraction of sp³-hybridized carbons (Fsp3) is 0.143. The Hall–Kier alpha value is -1.58. The number of carbonyl (C=O) groups is 1. The van der Waals surface area contributed by atoms with E-state index in [9.17, 15) is 4.79 Å². The summed E-state index contributed by atoms with van der Waals surface area (Å²) in [7, 11) is 0. The Labute approximate surface area is 121 Å². The zero-order valence-electron chi connectivity index (χ0n) is 10.1. The van der Waals surface area contributed by atoms with E-state index in [1.165, 1.54) is 6.20 Å². The number of nitrogens with one attached hydrogen (secondary N) is 1. The molecule has 0 saturated carbocycles. The molecule has 3 nitrogen and oxygen atoms in total. The topological polar surface area (TPSA) is 42.0 Å². The van der Waals surface area contributed by atoms with Gasteiger partial charge in [0.1, 0.15) is 5.15 Å². The van der Waals surface area contributed by atoms with Crippen LogP contribution in [0.25, 0.3) is 0 Å². The molecule has 0 atom stereocenters. The average Bonchev–Trinajstić information content (AvgIpc) is 2.40. The van der Waals surface area contributed by atoms with Crippen molar-refractivity contribution >= 4 is 34.8 Å². The number of carbonyl (C=O) groups excluding carboxylic acids is 1. The lowest BCUT2D eigenvalue weighted by Crippen LogP contribution is -2.12. The molecule has 0 radical (unpaired) electrons. The first-order chi connectivity index (χ1) is 9.15. The molecule has 98 valence electrons. The summed E-state index contributed by atoms with van der Waals surface area (Å²) in [6.07, 6.45) is 2.49. The molecule has 5 heteroatoms. The first-order valence-electron chi connectivity index (χ1n) is 5.80. The van der Waals surface area contributed by atoms with Gasteiger partial charge in [-0.2, -0.15) is 0 Å². The molecule has 0 aliphatic rings. The second kappa shape index (κ2) is 6.55. The van der Waals surface area contributed by atoms with Crippen LogP contribution in [0.2, 0.25) is 10.2 Å². The van der Waals surface area contributed by atoms with E-state index < -0.39 is 0 Å². The summed E-state index contributed by atoms with van der Waals surface area (Å²) in [5, 5.41) is 3.84. The third-order valence-electron chi connectivity index (χ3n) is 2.59. The highest BCUT2D eigenvalue weighted by Crippen LogP contribution is 2.17. The Bertz CT molecular complexity index is 570. The molecule has 1 N–H and O–H groups in total. The fourth-order valence-corrected chi connectivity index (χ4v) is 1.96. The zero-order chi connectivity index (χ0) is 13.7. The fourth-order valence-electron chi connectivity index (χ4n) is 1.62. The number of pyridine rings is 1. The SMILES string of the molecule is O=C(CCc1ccccc1Cl)Nc1ccc(Cl)nc1. The number of halogens is 2. The van der Waals surface area contributed by atoms with Crippen molar-refractivity contribution < 1.29 is 4.79 Å². The molecule has 0 saturated heterocycles. The Balaban J connectivity index is 1.88. The van der Waals surface area contributed by atoms with E-state index in [1.54, 1.807) is 12.1 Å². The van der Waals surface area contributed by atoms with Gasteiger partial charge in [-0.3, -0.25) is 4.79 Å². The van der Waals surface area contributed by atoms with E-state index in [0.29, 0.717) is 28.7 Å². The summed E-state index contributed by atoms with van der Waals surface area (Å²) >= 11 is 11.7. The van der Waals surface area contributed by atoms with Crippen molar-refractivity contribution in [1.29, 1.82) is 0 Å². The second-order valence-electron chi connectivity index (χ2n) is 4.01. The largest absolute Gasteiger partial charge is 0.325 e. The Morgan fingerprint density at radius 1 is 1.16 bits per heavy atom. The molecule has 1 amide bonds. The molecule has 2 rings (SSSR count). The summed E-state index contributed by atoms with van der Waals surface area (Å²) in [5.74, 6) is -0.0796. The minimum atomic E-state index is -0.0796. The third kappa shape index (κ3) is 4.23. The van der Waals surface area contributed by atoms with Crippen molar-refractivity contribution in [3.63, 3.8) is 0 Å². The van der Waals surface area contributed by atoms with Crippen LogP contribution in [0.4, 0.5) is 5.69 Å². The van der Waals surface area contributed by atoms with Gasteiger partial charge >= 0.3 is 0 Å². The van der Waals surface area contributed by atoms with Gasteiger partial charge in [0, 0.05) is 11.4 Å². The van der Waals surface area contributed by atoms with Gasteiger partial charge in [0.05, 0.1) is 11.9 Å². The Kier molecular flexibility index (Phi) is 4.77. The average molecular weight is 295 g/mol. The monoisotopic (exact) mass is 294 g/mol. The number of benzene rings is 1. The van der Waals surface area contributed by atoms with Crippen molar-refractivity contribution in [2.75, 3.05) is 5.32 Å². The van der Waals surface area contributed by atoms with Crippen LogP contribution < -0.4 is 5.32 Å². The number of amides is 1. The highest BCUT2D eigenvalue weighted by atomic mass is 35.5. The molecule has 19 heavy (non-hydrogen) atoms. The first kappa shape index (κ1) is 13.8.